The molecule has 2 heteroatoms. The maximum Gasteiger partial charge on any atom is 0.129 e. The molecule has 0 amide bonds. The summed E-state index contributed by atoms with van der Waals surface area (Å²) in [5.41, 5.74) is 3.16. The van der Waals surface area contributed by atoms with Gasteiger partial charge in [0.25, 0.3) is 0 Å². The number of aliphatic hydroxyl groups excluding tert-OH is 1. The highest BCUT2D eigenvalue weighted by Gasteiger charge is 2.33. The molecule has 0 radical (unpaired) electrons. The summed E-state index contributed by atoms with van der Waals surface area (Å²) in [4.78, 5) is 0. The van der Waals surface area contributed by atoms with Crippen molar-refractivity contribution in [3.05, 3.63) is 0 Å². The largest absolute Gasteiger partial charge is 0.391 e. The molecule has 0 heterocycles. The van der Waals surface area contributed by atoms with Crippen molar-refractivity contribution in [2.24, 2.45) is 11.3 Å². The van der Waals surface area contributed by atoms with Gasteiger partial charge in [0.05, 0.1) is 11.5 Å². The summed E-state index contributed by atoms with van der Waals surface area (Å²) in [6.07, 6.45) is 5.99. The van der Waals surface area contributed by atoms with Crippen LogP contribution in [0.15, 0.2) is 0 Å². The van der Waals surface area contributed by atoms with E-state index in [1.807, 2.05) is 0 Å². The van der Waals surface area contributed by atoms with Gasteiger partial charge in [-0.15, -0.1) is 11.5 Å². The predicted octanol–water partition coefficient (Wildman–Crippen LogP) is 3.83. The first-order valence-electron chi connectivity index (χ1n) is 6.95. The van der Waals surface area contributed by atoms with E-state index in [0.29, 0.717) is 5.92 Å². The van der Waals surface area contributed by atoms with E-state index < -0.39 is 8.07 Å². The highest BCUT2D eigenvalue weighted by molar-refractivity contribution is 6.83. The predicted molar refractivity (Wildman–Crippen MR) is 77.5 cm³/mol. The molecule has 0 bridgehead atoms. The molecule has 1 rings (SSSR count). The molecule has 0 aromatic carbocycles. The minimum atomic E-state index is -1.33. The summed E-state index contributed by atoms with van der Waals surface area (Å²) >= 11 is 0. The first-order chi connectivity index (χ1) is 7.72. The smallest absolute Gasteiger partial charge is 0.129 e. The van der Waals surface area contributed by atoms with Gasteiger partial charge in [-0.1, -0.05) is 38.9 Å². The van der Waals surface area contributed by atoms with Crippen molar-refractivity contribution >= 4 is 8.07 Å². The summed E-state index contributed by atoms with van der Waals surface area (Å²) in [7, 11) is -1.33. The third-order valence-corrected chi connectivity index (χ3v) is 4.47. The second-order valence-electron chi connectivity index (χ2n) is 7.06. The van der Waals surface area contributed by atoms with Crippen LogP contribution in [0.3, 0.4) is 0 Å². The first kappa shape index (κ1) is 14.8. The number of aliphatic hydroxyl groups is 1. The summed E-state index contributed by atoms with van der Waals surface area (Å²) in [5.74, 6) is 3.83. The Morgan fingerprint density at radius 2 is 1.65 bits per heavy atom. The molecule has 0 aliphatic heterocycles. The molecular weight excluding hydrogens is 224 g/mol. The number of hydrogen-bond acceptors (Lipinski definition) is 1. The van der Waals surface area contributed by atoms with Crippen molar-refractivity contribution in [3.63, 3.8) is 0 Å². The van der Waals surface area contributed by atoms with E-state index in [1.54, 1.807) is 0 Å². The van der Waals surface area contributed by atoms with Crippen LogP contribution in [0.2, 0.25) is 19.6 Å². The molecule has 1 aliphatic rings. The van der Waals surface area contributed by atoms with Gasteiger partial charge in [0.1, 0.15) is 8.07 Å². The maximum atomic E-state index is 10.5. The molecule has 0 saturated heterocycles. The third kappa shape index (κ3) is 4.85. The van der Waals surface area contributed by atoms with Crippen molar-refractivity contribution in [2.75, 3.05) is 0 Å². The Labute approximate surface area is 108 Å². The zero-order valence-corrected chi connectivity index (χ0v) is 13.1. The van der Waals surface area contributed by atoms with Gasteiger partial charge in [0.15, 0.2) is 0 Å². The Balaban J connectivity index is 2.70. The monoisotopic (exact) mass is 252 g/mol. The van der Waals surface area contributed by atoms with Gasteiger partial charge >= 0.3 is 0 Å². The van der Waals surface area contributed by atoms with Gasteiger partial charge in [-0.2, -0.15) is 0 Å². The van der Waals surface area contributed by atoms with Crippen LogP contribution in [-0.4, -0.2) is 19.3 Å². The standard InChI is InChI=1S/C15H28OSi/c1-15(2,11-12-17(3,4)5)14(16)13-9-7-6-8-10-13/h13-14,16H,6-10H2,1-5H3. The molecule has 1 fully saturated rings. The van der Waals surface area contributed by atoms with Crippen LogP contribution >= 0.6 is 0 Å². The lowest BCUT2D eigenvalue weighted by molar-refractivity contribution is 0.0171. The van der Waals surface area contributed by atoms with Crippen molar-refractivity contribution in [2.45, 2.75) is 71.7 Å². The van der Waals surface area contributed by atoms with Crippen LogP contribution in [0.5, 0.6) is 0 Å². The van der Waals surface area contributed by atoms with Crippen molar-refractivity contribution < 1.29 is 5.11 Å². The molecule has 1 unspecified atom stereocenters. The molecule has 0 spiro atoms. The fourth-order valence-electron chi connectivity index (χ4n) is 2.46. The van der Waals surface area contributed by atoms with Gasteiger partial charge in [-0.25, -0.2) is 0 Å². The Morgan fingerprint density at radius 1 is 1.12 bits per heavy atom. The summed E-state index contributed by atoms with van der Waals surface area (Å²) < 4.78 is 0. The Kier molecular flexibility index (Phi) is 4.86. The lowest BCUT2D eigenvalue weighted by Crippen LogP contribution is -2.36. The van der Waals surface area contributed by atoms with Crippen molar-refractivity contribution in [3.8, 4) is 11.5 Å². The van der Waals surface area contributed by atoms with Crippen LogP contribution in [0.4, 0.5) is 0 Å². The van der Waals surface area contributed by atoms with E-state index in [1.165, 1.54) is 32.1 Å². The van der Waals surface area contributed by atoms with Crippen LogP contribution in [-0.2, 0) is 0 Å². The fraction of sp³-hybridized carbons (Fsp3) is 0.867. The highest BCUT2D eigenvalue weighted by atomic mass is 28.3. The van der Waals surface area contributed by atoms with Crippen molar-refractivity contribution in [1.29, 1.82) is 0 Å². The van der Waals surface area contributed by atoms with Gasteiger partial charge in [-0.3, -0.25) is 0 Å². The molecule has 17 heavy (non-hydrogen) atoms. The molecule has 1 nitrogen and oxygen atoms in total. The fourth-order valence-corrected chi connectivity index (χ4v) is 3.16. The van der Waals surface area contributed by atoms with E-state index in [-0.39, 0.29) is 11.5 Å². The maximum absolute atomic E-state index is 10.5. The molecule has 1 N–H and O–H groups in total. The third-order valence-electron chi connectivity index (χ3n) is 3.60. The summed E-state index contributed by atoms with van der Waals surface area (Å²) in [6.45, 7) is 11.0. The van der Waals surface area contributed by atoms with Crippen molar-refractivity contribution in [1.82, 2.24) is 0 Å². The molecule has 1 aliphatic carbocycles. The Hall–Kier alpha value is -0.263. The van der Waals surface area contributed by atoms with Gasteiger partial charge < -0.3 is 5.11 Å². The average Bonchev–Trinajstić information content (AvgIpc) is 2.26. The summed E-state index contributed by atoms with van der Waals surface area (Å²) in [5, 5.41) is 10.5. The first-order valence-corrected chi connectivity index (χ1v) is 10.4. The van der Waals surface area contributed by atoms with Gasteiger partial charge in [-0.05, 0) is 32.6 Å². The molecular formula is C15H28OSi. The topological polar surface area (TPSA) is 20.2 Å². The Morgan fingerprint density at radius 3 is 2.12 bits per heavy atom. The van der Waals surface area contributed by atoms with E-state index in [2.05, 4.69) is 45.0 Å². The summed E-state index contributed by atoms with van der Waals surface area (Å²) in [6, 6.07) is 0. The molecule has 0 aromatic rings. The van der Waals surface area contributed by atoms with E-state index in [4.69, 9.17) is 0 Å². The van der Waals surface area contributed by atoms with E-state index in [9.17, 15) is 5.11 Å². The molecule has 0 aromatic heterocycles. The second kappa shape index (κ2) is 5.59. The normalized spacial score (nSPS) is 20.6. The minimum Gasteiger partial charge on any atom is -0.391 e. The van der Waals surface area contributed by atoms with E-state index in [0.717, 1.165) is 0 Å². The molecule has 1 saturated carbocycles. The number of hydrogen-bond donors (Lipinski definition) is 1. The Bertz CT molecular complexity index is 297. The van der Waals surface area contributed by atoms with Crippen LogP contribution in [0, 0.1) is 22.8 Å². The SMILES string of the molecule is CC(C)(C#C[Si](C)(C)C)C(O)C1CCCCC1. The van der Waals surface area contributed by atoms with Gasteiger partial charge in [0.2, 0.25) is 0 Å². The van der Waals surface area contributed by atoms with E-state index >= 15 is 0 Å². The lowest BCUT2D eigenvalue weighted by Gasteiger charge is -2.34. The second-order valence-corrected chi connectivity index (χ2v) is 11.8. The van der Waals surface area contributed by atoms with Crippen LogP contribution in [0.1, 0.15) is 46.0 Å². The lowest BCUT2D eigenvalue weighted by atomic mass is 9.74. The quantitative estimate of drug-likeness (QED) is 0.585. The zero-order chi connectivity index (χ0) is 13.1. The number of rotatable bonds is 2. The minimum absolute atomic E-state index is 0.248. The molecule has 98 valence electrons. The average molecular weight is 252 g/mol. The van der Waals surface area contributed by atoms with Crippen LogP contribution < -0.4 is 0 Å². The van der Waals surface area contributed by atoms with Gasteiger partial charge in [0, 0.05) is 0 Å². The highest BCUT2D eigenvalue weighted by Crippen LogP contribution is 2.34. The zero-order valence-electron chi connectivity index (χ0n) is 12.1. The van der Waals surface area contributed by atoms with Crippen LogP contribution in [0.25, 0.3) is 0 Å². The molecule has 1 atom stereocenters.